The zero-order valence-electron chi connectivity index (χ0n) is 21.4. The standard InChI is InChI=1S/C26H29F3N6O3/c1-24(2,3)38-23(37)34-14-10-25(9-12-30,11-15-34)35-19-8-13-31-22(36)20(19)21(33-35)32-18-6-4-17(5-7-18)16-26(27,28)29/h4-8,13H,9-11,14-16H2,1-3H3,(H,31,36)(H,32,33). The van der Waals surface area contributed by atoms with Gasteiger partial charge in [-0.25, -0.2) is 4.79 Å². The fraction of sp³-hybridized carbons (Fsp3) is 0.462. The molecular weight excluding hydrogens is 501 g/mol. The number of carbonyl (C=O) groups is 1. The molecule has 3 heterocycles. The summed E-state index contributed by atoms with van der Waals surface area (Å²) in [5.41, 5.74) is -0.742. The van der Waals surface area contributed by atoms with E-state index in [0.29, 0.717) is 37.1 Å². The Hall–Kier alpha value is -4.01. The maximum Gasteiger partial charge on any atom is 0.410 e. The van der Waals surface area contributed by atoms with Gasteiger partial charge in [-0.3, -0.25) is 9.48 Å². The van der Waals surface area contributed by atoms with Crippen molar-refractivity contribution in [2.75, 3.05) is 18.4 Å². The number of pyridine rings is 1. The molecule has 1 aliphatic rings. The molecule has 1 aromatic carbocycles. The summed E-state index contributed by atoms with van der Waals surface area (Å²) in [6.45, 7) is 6.05. The lowest BCUT2D eigenvalue weighted by atomic mass is 9.85. The molecule has 202 valence electrons. The van der Waals surface area contributed by atoms with Gasteiger partial charge in [-0.1, -0.05) is 12.1 Å². The van der Waals surface area contributed by atoms with Crippen LogP contribution in [0.5, 0.6) is 0 Å². The van der Waals surface area contributed by atoms with Crippen molar-refractivity contribution in [3.8, 4) is 6.07 Å². The van der Waals surface area contributed by atoms with E-state index in [2.05, 4.69) is 16.4 Å². The fourth-order valence-corrected chi connectivity index (χ4v) is 4.64. The molecule has 0 spiro atoms. The molecule has 4 rings (SSSR count). The number of H-pyrrole nitrogens is 1. The number of aromatic nitrogens is 3. The first-order valence-electron chi connectivity index (χ1n) is 12.2. The molecule has 0 radical (unpaired) electrons. The topological polar surface area (TPSA) is 116 Å². The Morgan fingerprint density at radius 2 is 1.84 bits per heavy atom. The number of anilines is 2. The number of rotatable bonds is 5. The minimum absolute atomic E-state index is 0.102. The maximum absolute atomic E-state index is 12.8. The Morgan fingerprint density at radius 1 is 1.18 bits per heavy atom. The normalized spacial score (nSPS) is 15.8. The molecule has 38 heavy (non-hydrogen) atoms. The van der Waals surface area contributed by atoms with Crippen LogP contribution in [-0.4, -0.2) is 50.6 Å². The van der Waals surface area contributed by atoms with Gasteiger partial charge in [-0.05, 0) is 57.4 Å². The number of carbonyl (C=O) groups excluding carboxylic acids is 1. The summed E-state index contributed by atoms with van der Waals surface area (Å²) in [6.07, 6.45) is -3.36. The third-order valence-electron chi connectivity index (χ3n) is 6.43. The molecule has 9 nitrogen and oxygen atoms in total. The van der Waals surface area contributed by atoms with E-state index in [1.54, 1.807) is 36.4 Å². The number of halogens is 3. The van der Waals surface area contributed by atoms with Gasteiger partial charge >= 0.3 is 12.3 Å². The monoisotopic (exact) mass is 530 g/mol. The number of hydrogen-bond donors (Lipinski definition) is 2. The number of fused-ring (bicyclic) bond motifs is 1. The Balaban J connectivity index is 1.66. The summed E-state index contributed by atoms with van der Waals surface area (Å²) >= 11 is 0. The number of nitrogens with one attached hydrogen (secondary N) is 2. The molecule has 1 fully saturated rings. The van der Waals surface area contributed by atoms with Crippen molar-refractivity contribution in [1.82, 2.24) is 19.7 Å². The predicted octanol–water partition coefficient (Wildman–Crippen LogP) is 5.21. The van der Waals surface area contributed by atoms with Gasteiger partial charge in [0.05, 0.1) is 30.0 Å². The van der Waals surface area contributed by atoms with E-state index in [0.717, 1.165) is 0 Å². The van der Waals surface area contributed by atoms with E-state index in [1.807, 2.05) is 0 Å². The van der Waals surface area contributed by atoms with Gasteiger partial charge in [0.25, 0.3) is 5.56 Å². The first-order chi connectivity index (χ1) is 17.8. The largest absolute Gasteiger partial charge is 0.444 e. The van der Waals surface area contributed by atoms with E-state index in [-0.39, 0.29) is 23.2 Å². The van der Waals surface area contributed by atoms with E-state index >= 15 is 0 Å². The van der Waals surface area contributed by atoms with Crippen LogP contribution in [0.25, 0.3) is 10.9 Å². The zero-order chi connectivity index (χ0) is 27.7. The van der Waals surface area contributed by atoms with Crippen molar-refractivity contribution in [3.05, 3.63) is 52.4 Å². The Kier molecular flexibility index (Phi) is 7.14. The zero-order valence-corrected chi connectivity index (χ0v) is 21.4. The Labute approximate surface area is 217 Å². The highest BCUT2D eigenvalue weighted by Crippen LogP contribution is 2.38. The third kappa shape index (κ3) is 5.93. The van der Waals surface area contributed by atoms with E-state index in [4.69, 9.17) is 9.84 Å². The van der Waals surface area contributed by atoms with Crippen LogP contribution < -0.4 is 10.9 Å². The highest BCUT2D eigenvalue weighted by Gasteiger charge is 2.41. The second-order valence-electron chi connectivity index (χ2n) is 10.5. The van der Waals surface area contributed by atoms with Crippen LogP contribution in [0.15, 0.2) is 41.3 Å². The van der Waals surface area contributed by atoms with Crippen molar-refractivity contribution in [2.45, 2.75) is 63.8 Å². The van der Waals surface area contributed by atoms with Crippen LogP contribution >= 0.6 is 0 Å². The van der Waals surface area contributed by atoms with Crippen molar-refractivity contribution >= 4 is 28.5 Å². The second kappa shape index (κ2) is 10.0. The first-order valence-corrected chi connectivity index (χ1v) is 12.2. The summed E-state index contributed by atoms with van der Waals surface area (Å²) in [5.74, 6) is 0.220. The number of ether oxygens (including phenoxy) is 1. The predicted molar refractivity (Wildman–Crippen MR) is 135 cm³/mol. The van der Waals surface area contributed by atoms with E-state index in [1.165, 1.54) is 30.5 Å². The average molecular weight is 531 g/mol. The first kappa shape index (κ1) is 27.0. The number of piperidine rings is 1. The Bertz CT molecular complexity index is 1410. The number of alkyl halides is 3. The minimum Gasteiger partial charge on any atom is -0.444 e. The smallest absolute Gasteiger partial charge is 0.410 e. The number of nitriles is 1. The second-order valence-corrected chi connectivity index (χ2v) is 10.5. The average Bonchev–Trinajstić information content (AvgIpc) is 3.19. The van der Waals surface area contributed by atoms with Gasteiger partial charge in [0.2, 0.25) is 0 Å². The summed E-state index contributed by atoms with van der Waals surface area (Å²) in [4.78, 5) is 29.6. The van der Waals surface area contributed by atoms with Crippen molar-refractivity contribution in [3.63, 3.8) is 0 Å². The number of nitrogens with zero attached hydrogens (tertiary/aromatic N) is 4. The highest BCUT2D eigenvalue weighted by molar-refractivity contribution is 5.91. The van der Waals surface area contributed by atoms with Crippen LogP contribution in [0.4, 0.5) is 29.5 Å². The number of aromatic amines is 1. The van der Waals surface area contributed by atoms with Crippen molar-refractivity contribution in [2.24, 2.45) is 0 Å². The van der Waals surface area contributed by atoms with Crippen molar-refractivity contribution < 1.29 is 22.7 Å². The third-order valence-corrected chi connectivity index (χ3v) is 6.43. The maximum atomic E-state index is 12.8. The van der Waals surface area contributed by atoms with Gasteiger partial charge < -0.3 is 19.9 Å². The van der Waals surface area contributed by atoms with E-state index in [9.17, 15) is 28.0 Å². The van der Waals surface area contributed by atoms with Crippen LogP contribution in [0.3, 0.4) is 0 Å². The highest BCUT2D eigenvalue weighted by atomic mass is 19.4. The molecule has 3 aromatic rings. The van der Waals surface area contributed by atoms with Crippen LogP contribution in [0.2, 0.25) is 0 Å². The molecule has 0 aliphatic carbocycles. The molecule has 1 saturated heterocycles. The quantitative estimate of drug-likeness (QED) is 0.468. The number of hydrogen-bond acceptors (Lipinski definition) is 6. The molecular formula is C26H29F3N6O3. The molecule has 0 bridgehead atoms. The van der Waals surface area contributed by atoms with Crippen molar-refractivity contribution in [1.29, 1.82) is 5.26 Å². The minimum atomic E-state index is -4.31. The van der Waals surface area contributed by atoms with E-state index < -0.39 is 35.4 Å². The number of likely N-dealkylation sites (tertiary alicyclic amines) is 1. The molecule has 12 heteroatoms. The summed E-state index contributed by atoms with van der Waals surface area (Å²) in [5, 5.41) is 17.7. The summed E-state index contributed by atoms with van der Waals surface area (Å²) < 4.78 is 45.3. The molecule has 0 saturated carbocycles. The lowest BCUT2D eigenvalue weighted by Crippen LogP contribution is -2.49. The fourth-order valence-electron chi connectivity index (χ4n) is 4.64. The van der Waals surface area contributed by atoms with Crippen LogP contribution in [0, 0.1) is 11.3 Å². The molecule has 0 unspecified atom stereocenters. The van der Waals surface area contributed by atoms with Gasteiger partial charge in [0, 0.05) is 25.0 Å². The Morgan fingerprint density at radius 3 is 2.42 bits per heavy atom. The lowest BCUT2D eigenvalue weighted by Gasteiger charge is -2.41. The lowest BCUT2D eigenvalue weighted by molar-refractivity contribution is -0.127. The number of amides is 1. The molecule has 0 atom stereocenters. The summed E-state index contributed by atoms with van der Waals surface area (Å²) in [7, 11) is 0. The molecule has 2 N–H and O–H groups in total. The van der Waals surface area contributed by atoms with Gasteiger partial charge in [0.1, 0.15) is 11.0 Å². The molecule has 1 aliphatic heterocycles. The van der Waals surface area contributed by atoms with Crippen LogP contribution in [-0.2, 0) is 16.7 Å². The molecule has 2 aromatic heterocycles. The van der Waals surface area contributed by atoms with Gasteiger partial charge in [-0.15, -0.1) is 0 Å². The van der Waals surface area contributed by atoms with Gasteiger partial charge in [-0.2, -0.15) is 23.5 Å². The SMILES string of the molecule is CC(C)(C)OC(=O)N1CCC(CC#N)(n2nc(Nc3ccc(CC(F)(F)F)cc3)c3c(=O)[nH]ccc32)CC1. The van der Waals surface area contributed by atoms with Gasteiger partial charge in [0.15, 0.2) is 5.82 Å². The van der Waals surface area contributed by atoms with Crippen LogP contribution in [0.1, 0.15) is 45.6 Å². The summed E-state index contributed by atoms with van der Waals surface area (Å²) in [6, 6.07) is 9.64. The molecule has 1 amide bonds. The number of benzene rings is 1.